The van der Waals surface area contributed by atoms with Crippen molar-refractivity contribution >= 4 is 17.8 Å². The first-order chi connectivity index (χ1) is 14.6. The van der Waals surface area contributed by atoms with Crippen LogP contribution in [0.25, 0.3) is 11.3 Å². The number of hydrogen-bond acceptors (Lipinski definition) is 6. The fourth-order valence-electron chi connectivity index (χ4n) is 3.31. The Balaban J connectivity index is 1.29. The van der Waals surface area contributed by atoms with Gasteiger partial charge >= 0.3 is 0 Å². The van der Waals surface area contributed by atoms with Gasteiger partial charge in [0.15, 0.2) is 6.61 Å². The molecule has 1 aliphatic heterocycles. The number of nitro groups is 1. The van der Waals surface area contributed by atoms with Crippen LogP contribution < -0.4 is 0 Å². The number of benzene rings is 2. The summed E-state index contributed by atoms with van der Waals surface area (Å²) in [5, 5.41) is 14.5. The summed E-state index contributed by atoms with van der Waals surface area (Å²) >= 11 is 0. The maximum absolute atomic E-state index is 12.3. The number of fused-ring (bicyclic) bond motifs is 1. The predicted octanol–water partition coefficient (Wildman–Crippen LogP) is 3.79. The monoisotopic (exact) mass is 405 g/mol. The van der Waals surface area contributed by atoms with Crippen molar-refractivity contribution in [1.82, 2.24) is 4.90 Å². The normalized spacial score (nSPS) is 13.3. The van der Waals surface area contributed by atoms with Crippen LogP contribution >= 0.6 is 0 Å². The highest BCUT2D eigenvalue weighted by molar-refractivity contribution is 5.79. The van der Waals surface area contributed by atoms with Crippen molar-refractivity contribution in [3.8, 4) is 11.3 Å². The van der Waals surface area contributed by atoms with Gasteiger partial charge in [-0.25, -0.2) is 0 Å². The highest BCUT2D eigenvalue weighted by atomic mass is 16.6. The third-order valence-corrected chi connectivity index (χ3v) is 4.92. The van der Waals surface area contributed by atoms with E-state index in [9.17, 15) is 14.9 Å². The van der Waals surface area contributed by atoms with Crippen LogP contribution in [-0.2, 0) is 22.6 Å². The first-order valence-corrected chi connectivity index (χ1v) is 9.45. The summed E-state index contributed by atoms with van der Waals surface area (Å²) in [6.45, 7) is 1.10. The van der Waals surface area contributed by atoms with Gasteiger partial charge in [-0.2, -0.15) is 0 Å². The van der Waals surface area contributed by atoms with Gasteiger partial charge in [-0.15, -0.1) is 0 Å². The zero-order chi connectivity index (χ0) is 20.9. The number of carbonyl (C=O) groups excluding carboxylic acids is 1. The van der Waals surface area contributed by atoms with Gasteiger partial charge in [0.25, 0.3) is 11.6 Å². The fraction of sp³-hybridized carbons (Fsp3) is 0.182. The van der Waals surface area contributed by atoms with Gasteiger partial charge in [0.05, 0.1) is 4.92 Å². The number of hydrogen-bond donors (Lipinski definition) is 0. The molecule has 0 fully saturated rings. The maximum atomic E-state index is 12.3. The van der Waals surface area contributed by atoms with Crippen molar-refractivity contribution in [1.29, 1.82) is 0 Å². The number of furan rings is 1. The lowest BCUT2D eigenvalue weighted by molar-refractivity contribution is -0.384. The molecule has 4 rings (SSSR count). The molecule has 0 spiro atoms. The van der Waals surface area contributed by atoms with E-state index in [0.717, 1.165) is 12.0 Å². The summed E-state index contributed by atoms with van der Waals surface area (Å²) in [7, 11) is 0. The minimum atomic E-state index is -0.453. The smallest absolute Gasteiger partial charge is 0.269 e. The Morgan fingerprint density at radius 1 is 1.13 bits per heavy atom. The molecular weight excluding hydrogens is 386 g/mol. The quantitative estimate of drug-likeness (QED) is 0.353. The van der Waals surface area contributed by atoms with E-state index in [-0.39, 0.29) is 18.2 Å². The Morgan fingerprint density at radius 3 is 2.67 bits per heavy atom. The molecule has 0 bridgehead atoms. The Labute approximate surface area is 172 Å². The number of rotatable bonds is 6. The lowest BCUT2D eigenvalue weighted by atomic mass is 10.00. The van der Waals surface area contributed by atoms with Gasteiger partial charge in [0, 0.05) is 30.8 Å². The minimum absolute atomic E-state index is 0.0161. The zero-order valence-corrected chi connectivity index (χ0v) is 16.1. The average Bonchev–Trinajstić information content (AvgIpc) is 3.25. The molecule has 1 amide bonds. The molecule has 0 atom stereocenters. The summed E-state index contributed by atoms with van der Waals surface area (Å²) in [5.41, 5.74) is 3.17. The summed E-state index contributed by atoms with van der Waals surface area (Å²) in [4.78, 5) is 29.5. The number of amides is 1. The highest BCUT2D eigenvalue weighted by Crippen LogP contribution is 2.24. The minimum Gasteiger partial charge on any atom is -0.455 e. The van der Waals surface area contributed by atoms with Crippen LogP contribution in [-0.4, -0.2) is 35.1 Å². The van der Waals surface area contributed by atoms with Gasteiger partial charge in [0.2, 0.25) is 0 Å². The molecule has 0 saturated carbocycles. The van der Waals surface area contributed by atoms with E-state index in [1.54, 1.807) is 29.2 Å². The van der Waals surface area contributed by atoms with Crippen molar-refractivity contribution < 1.29 is 19.0 Å². The van der Waals surface area contributed by atoms with E-state index < -0.39 is 4.92 Å². The van der Waals surface area contributed by atoms with Crippen molar-refractivity contribution in [3.63, 3.8) is 0 Å². The Hall–Kier alpha value is -3.94. The van der Waals surface area contributed by atoms with Crippen molar-refractivity contribution in [2.75, 3.05) is 13.2 Å². The number of nitrogens with zero attached hydrogens (tertiary/aromatic N) is 3. The summed E-state index contributed by atoms with van der Waals surface area (Å²) < 4.78 is 5.64. The second kappa shape index (κ2) is 8.60. The molecule has 0 saturated heterocycles. The number of carbonyl (C=O) groups is 1. The van der Waals surface area contributed by atoms with Crippen LogP contribution in [0.15, 0.2) is 70.2 Å². The van der Waals surface area contributed by atoms with Gasteiger partial charge in [-0.05, 0) is 41.8 Å². The SMILES string of the molecule is O=C(CO/N=C/c1ccc(-c2ccc([N+](=O)[O-])cc2)o1)N1CCc2ccccc2C1. The molecular formula is C22H19N3O5. The van der Waals surface area contributed by atoms with Gasteiger partial charge in [0.1, 0.15) is 17.7 Å². The molecule has 2 heterocycles. The van der Waals surface area contributed by atoms with E-state index in [4.69, 9.17) is 9.25 Å². The van der Waals surface area contributed by atoms with E-state index in [1.165, 1.54) is 23.9 Å². The largest absolute Gasteiger partial charge is 0.455 e. The van der Waals surface area contributed by atoms with Gasteiger partial charge in [-0.1, -0.05) is 29.4 Å². The third-order valence-electron chi connectivity index (χ3n) is 4.92. The molecule has 3 aromatic rings. The number of non-ortho nitro benzene ring substituents is 1. The molecule has 0 radical (unpaired) electrons. The molecule has 1 aliphatic rings. The van der Waals surface area contributed by atoms with Crippen LogP contribution in [0.4, 0.5) is 5.69 Å². The molecule has 2 aromatic carbocycles. The molecule has 0 aliphatic carbocycles. The highest BCUT2D eigenvalue weighted by Gasteiger charge is 2.20. The summed E-state index contributed by atoms with van der Waals surface area (Å²) in [6.07, 6.45) is 2.22. The first kappa shape index (κ1) is 19.4. The van der Waals surface area contributed by atoms with Crippen LogP contribution in [0.2, 0.25) is 0 Å². The van der Waals surface area contributed by atoms with Crippen LogP contribution in [0.1, 0.15) is 16.9 Å². The third kappa shape index (κ3) is 4.38. The number of nitro benzene ring substituents is 1. The topological polar surface area (TPSA) is 98.2 Å². The Bertz CT molecular complexity index is 1090. The van der Waals surface area contributed by atoms with Gasteiger partial charge in [-0.3, -0.25) is 14.9 Å². The van der Waals surface area contributed by atoms with E-state index >= 15 is 0 Å². The van der Waals surface area contributed by atoms with Crippen LogP contribution in [0.3, 0.4) is 0 Å². The Morgan fingerprint density at radius 2 is 1.90 bits per heavy atom. The van der Waals surface area contributed by atoms with Crippen LogP contribution in [0.5, 0.6) is 0 Å². The summed E-state index contributed by atoms with van der Waals surface area (Å²) in [5.74, 6) is 0.879. The molecule has 1 aromatic heterocycles. The zero-order valence-electron chi connectivity index (χ0n) is 16.1. The molecule has 8 nitrogen and oxygen atoms in total. The van der Waals surface area contributed by atoms with E-state index in [2.05, 4.69) is 11.2 Å². The standard InChI is InChI=1S/C22H19N3O5/c26-22(24-12-11-16-3-1-2-4-18(16)14-24)15-29-23-13-20-9-10-21(30-20)17-5-7-19(8-6-17)25(27)28/h1-10,13H,11-12,14-15H2/b23-13+. The maximum Gasteiger partial charge on any atom is 0.269 e. The molecule has 0 unspecified atom stereocenters. The second-order valence-corrected chi connectivity index (χ2v) is 6.85. The number of oxime groups is 1. The molecule has 8 heteroatoms. The van der Waals surface area contributed by atoms with E-state index in [1.807, 2.05) is 18.2 Å². The predicted molar refractivity (Wildman–Crippen MR) is 110 cm³/mol. The van der Waals surface area contributed by atoms with Crippen molar-refractivity contribution in [2.24, 2.45) is 5.16 Å². The van der Waals surface area contributed by atoms with Crippen LogP contribution in [0, 0.1) is 10.1 Å². The van der Waals surface area contributed by atoms with E-state index in [0.29, 0.717) is 30.2 Å². The van der Waals surface area contributed by atoms with Crippen molar-refractivity contribution in [3.05, 3.63) is 87.7 Å². The second-order valence-electron chi connectivity index (χ2n) is 6.85. The summed E-state index contributed by atoms with van der Waals surface area (Å²) in [6, 6.07) is 17.6. The first-order valence-electron chi connectivity index (χ1n) is 9.45. The lowest BCUT2D eigenvalue weighted by Crippen LogP contribution is -2.37. The molecule has 30 heavy (non-hydrogen) atoms. The van der Waals surface area contributed by atoms with Gasteiger partial charge < -0.3 is 14.2 Å². The molecule has 0 N–H and O–H groups in total. The molecule has 152 valence electrons. The Kier molecular flexibility index (Phi) is 5.56. The van der Waals surface area contributed by atoms with Crippen molar-refractivity contribution in [2.45, 2.75) is 13.0 Å². The fourth-order valence-corrected chi connectivity index (χ4v) is 3.31. The lowest BCUT2D eigenvalue weighted by Gasteiger charge is -2.28. The average molecular weight is 405 g/mol.